The Hall–Kier alpha value is -1.97. The quantitative estimate of drug-likeness (QED) is 0.773. The molecule has 23 heavy (non-hydrogen) atoms. The van der Waals surface area contributed by atoms with E-state index in [1.54, 1.807) is 6.07 Å². The van der Waals surface area contributed by atoms with E-state index in [1.807, 2.05) is 40.7 Å². The molecule has 1 aromatic carbocycles. The summed E-state index contributed by atoms with van der Waals surface area (Å²) in [5, 5.41) is 11.9. The third-order valence-electron chi connectivity index (χ3n) is 3.65. The molecule has 4 heteroatoms. The number of aryl methyl sites for hydroxylation is 2. The molecule has 1 atom stereocenters. The maximum absolute atomic E-state index is 13.2. The number of aromatic nitrogens is 2. The first-order valence-electron chi connectivity index (χ1n) is 8.25. The van der Waals surface area contributed by atoms with Crippen molar-refractivity contribution in [3.05, 3.63) is 52.5 Å². The van der Waals surface area contributed by atoms with Crippen molar-refractivity contribution in [2.75, 3.05) is 5.32 Å². The van der Waals surface area contributed by atoms with E-state index in [9.17, 15) is 4.39 Å². The Kier molecular flexibility index (Phi) is 7.14. The first kappa shape index (κ1) is 19.1. The number of nitrogens with zero attached hydrogens (tertiary/aromatic N) is 2. The summed E-state index contributed by atoms with van der Waals surface area (Å²) in [7, 11) is 0. The van der Waals surface area contributed by atoms with E-state index < -0.39 is 0 Å². The molecular weight excluding hydrogens is 289 g/mol. The van der Waals surface area contributed by atoms with Crippen molar-refractivity contribution in [3.63, 3.8) is 0 Å². The maximum atomic E-state index is 13.2. The smallest absolute Gasteiger partial charge is 0.152 e. The molecular formula is C19H30FN3. The van der Waals surface area contributed by atoms with Crippen LogP contribution in [-0.2, 0) is 0 Å². The molecule has 1 heterocycles. The largest absolute Gasteiger partial charge is 0.362 e. The van der Waals surface area contributed by atoms with Gasteiger partial charge in [0.1, 0.15) is 5.82 Å². The molecule has 2 rings (SSSR count). The van der Waals surface area contributed by atoms with Crippen molar-refractivity contribution in [3.8, 4) is 0 Å². The van der Waals surface area contributed by atoms with E-state index in [2.05, 4.69) is 35.4 Å². The van der Waals surface area contributed by atoms with E-state index in [-0.39, 0.29) is 13.3 Å². The van der Waals surface area contributed by atoms with Crippen LogP contribution in [0, 0.1) is 19.7 Å². The Bertz CT molecular complexity index is 645. The highest BCUT2D eigenvalue weighted by Crippen LogP contribution is 2.24. The number of nitrogens with one attached hydrogen (secondary N) is 1. The van der Waals surface area contributed by atoms with Gasteiger partial charge in [-0.1, -0.05) is 33.8 Å². The fraction of sp³-hybridized carbons (Fsp3) is 0.474. The minimum Gasteiger partial charge on any atom is -0.362 e. The Balaban J connectivity index is 0.00000170. The first-order chi connectivity index (χ1) is 10.9. The Morgan fingerprint density at radius 1 is 1.00 bits per heavy atom. The van der Waals surface area contributed by atoms with Crippen molar-refractivity contribution < 1.29 is 5.82 Å². The second kappa shape index (κ2) is 8.61. The number of rotatable bonds is 4. The standard InChI is InChI=1S/C17H22FN3.C2H6.H2/c1-10(2)16-9-12(4)17(21-20-16)19-13(5)15-7-6-14(18)8-11(15)3;1-2;/h6-10,13H,1-5H3,(H,19,21);1-2H3;1H/t13-;;/m1../s1. The molecule has 0 unspecified atom stereocenters. The molecule has 0 bridgehead atoms. The van der Waals surface area contributed by atoms with Gasteiger partial charge in [0, 0.05) is 1.43 Å². The topological polar surface area (TPSA) is 37.8 Å². The highest BCUT2D eigenvalue weighted by Gasteiger charge is 2.12. The molecule has 0 saturated heterocycles. The lowest BCUT2D eigenvalue weighted by molar-refractivity contribution is 0.624. The number of halogens is 1. The summed E-state index contributed by atoms with van der Waals surface area (Å²) in [6, 6.07) is 6.95. The van der Waals surface area contributed by atoms with Crippen molar-refractivity contribution in [1.82, 2.24) is 10.2 Å². The summed E-state index contributed by atoms with van der Waals surface area (Å²) in [6.07, 6.45) is 0. The zero-order chi connectivity index (χ0) is 17.6. The molecule has 0 aliphatic rings. The Morgan fingerprint density at radius 3 is 2.17 bits per heavy atom. The molecule has 0 saturated carbocycles. The third kappa shape index (κ3) is 5.02. The van der Waals surface area contributed by atoms with Gasteiger partial charge in [-0.25, -0.2) is 4.39 Å². The molecule has 0 aliphatic heterocycles. The van der Waals surface area contributed by atoms with Crippen LogP contribution in [0.15, 0.2) is 24.3 Å². The first-order valence-corrected chi connectivity index (χ1v) is 8.25. The minimum atomic E-state index is -0.208. The van der Waals surface area contributed by atoms with Gasteiger partial charge in [0.15, 0.2) is 5.82 Å². The van der Waals surface area contributed by atoms with Crippen LogP contribution in [0.3, 0.4) is 0 Å². The van der Waals surface area contributed by atoms with Crippen molar-refractivity contribution in [1.29, 1.82) is 0 Å². The van der Waals surface area contributed by atoms with Gasteiger partial charge in [-0.05, 0) is 61.6 Å². The second-order valence-electron chi connectivity index (χ2n) is 5.82. The molecule has 0 amide bonds. The van der Waals surface area contributed by atoms with Crippen LogP contribution < -0.4 is 5.32 Å². The lowest BCUT2D eigenvalue weighted by atomic mass is 10.0. The average Bonchev–Trinajstić information content (AvgIpc) is 2.51. The predicted molar refractivity (Wildman–Crippen MR) is 97.5 cm³/mol. The number of anilines is 1. The maximum Gasteiger partial charge on any atom is 0.152 e. The second-order valence-corrected chi connectivity index (χ2v) is 5.82. The molecule has 1 aromatic heterocycles. The zero-order valence-electron chi connectivity index (χ0n) is 15.2. The van der Waals surface area contributed by atoms with E-state index in [1.165, 1.54) is 6.07 Å². The summed E-state index contributed by atoms with van der Waals surface area (Å²) < 4.78 is 13.2. The van der Waals surface area contributed by atoms with Gasteiger partial charge < -0.3 is 5.32 Å². The predicted octanol–water partition coefficient (Wildman–Crippen LogP) is 5.80. The molecule has 0 fully saturated rings. The van der Waals surface area contributed by atoms with E-state index in [0.29, 0.717) is 5.92 Å². The highest BCUT2D eigenvalue weighted by molar-refractivity contribution is 5.46. The molecule has 0 radical (unpaired) electrons. The van der Waals surface area contributed by atoms with Crippen molar-refractivity contribution in [2.45, 2.75) is 60.4 Å². The van der Waals surface area contributed by atoms with Gasteiger partial charge in [-0.15, -0.1) is 5.10 Å². The van der Waals surface area contributed by atoms with Crippen LogP contribution in [0.4, 0.5) is 10.2 Å². The molecule has 2 aromatic rings. The summed E-state index contributed by atoms with van der Waals surface area (Å²) in [5.74, 6) is 0.929. The molecule has 128 valence electrons. The average molecular weight is 319 g/mol. The fourth-order valence-electron chi connectivity index (χ4n) is 2.34. The summed E-state index contributed by atoms with van der Waals surface area (Å²) in [6.45, 7) is 14.2. The lowest BCUT2D eigenvalue weighted by Crippen LogP contribution is -2.12. The zero-order valence-corrected chi connectivity index (χ0v) is 15.2. The molecule has 1 N–H and O–H groups in total. The van der Waals surface area contributed by atoms with E-state index in [4.69, 9.17) is 0 Å². The summed E-state index contributed by atoms with van der Waals surface area (Å²) >= 11 is 0. The van der Waals surface area contributed by atoms with Gasteiger partial charge in [0.2, 0.25) is 0 Å². The van der Waals surface area contributed by atoms with E-state index >= 15 is 0 Å². The number of benzene rings is 1. The highest BCUT2D eigenvalue weighted by atomic mass is 19.1. The van der Waals surface area contributed by atoms with Gasteiger partial charge in [-0.3, -0.25) is 0 Å². The van der Waals surface area contributed by atoms with Crippen LogP contribution in [-0.4, -0.2) is 10.2 Å². The van der Waals surface area contributed by atoms with Crippen molar-refractivity contribution >= 4 is 5.82 Å². The number of hydrogen-bond donors (Lipinski definition) is 1. The Labute approximate surface area is 140 Å². The SMILES string of the molecule is CC.Cc1cc(F)ccc1[C@@H](C)Nc1nnc(C(C)C)cc1C.[HH]. The van der Waals surface area contributed by atoms with Crippen LogP contribution in [0.25, 0.3) is 0 Å². The van der Waals surface area contributed by atoms with E-state index in [0.717, 1.165) is 28.2 Å². The third-order valence-corrected chi connectivity index (χ3v) is 3.65. The van der Waals surface area contributed by atoms with Gasteiger partial charge >= 0.3 is 0 Å². The van der Waals surface area contributed by atoms with Gasteiger partial charge in [-0.2, -0.15) is 5.10 Å². The van der Waals surface area contributed by atoms with Gasteiger partial charge in [0.05, 0.1) is 11.7 Å². The molecule has 0 aliphatic carbocycles. The minimum absolute atomic E-state index is 0. The van der Waals surface area contributed by atoms with Crippen LogP contribution in [0.2, 0.25) is 0 Å². The summed E-state index contributed by atoms with van der Waals surface area (Å²) in [5.41, 5.74) is 4.05. The lowest BCUT2D eigenvalue weighted by Gasteiger charge is -2.18. The van der Waals surface area contributed by atoms with Crippen LogP contribution >= 0.6 is 0 Å². The monoisotopic (exact) mass is 319 g/mol. The molecule has 0 spiro atoms. The van der Waals surface area contributed by atoms with Crippen LogP contribution in [0.1, 0.15) is 70.4 Å². The number of hydrogen-bond acceptors (Lipinski definition) is 3. The summed E-state index contributed by atoms with van der Waals surface area (Å²) in [4.78, 5) is 0. The van der Waals surface area contributed by atoms with Gasteiger partial charge in [0.25, 0.3) is 0 Å². The van der Waals surface area contributed by atoms with Crippen molar-refractivity contribution in [2.24, 2.45) is 0 Å². The fourth-order valence-corrected chi connectivity index (χ4v) is 2.34. The normalized spacial score (nSPS) is 11.7. The Morgan fingerprint density at radius 2 is 1.65 bits per heavy atom. The van der Waals surface area contributed by atoms with Crippen LogP contribution in [0.5, 0.6) is 0 Å². The molecule has 3 nitrogen and oxygen atoms in total.